The summed E-state index contributed by atoms with van der Waals surface area (Å²) in [5.74, 6) is 1.56. The predicted molar refractivity (Wildman–Crippen MR) is 68.4 cm³/mol. The SMILES string of the molecule is CCCC(N)B1OC2CC3CC(C2O1)C3(C)C. The lowest BCUT2D eigenvalue weighted by molar-refractivity contribution is -0.150. The highest BCUT2D eigenvalue weighted by Gasteiger charge is 2.62. The van der Waals surface area contributed by atoms with E-state index in [-0.39, 0.29) is 13.1 Å². The molecule has 0 aromatic carbocycles. The van der Waals surface area contributed by atoms with Gasteiger partial charge in [0.05, 0.1) is 12.2 Å². The van der Waals surface area contributed by atoms with Gasteiger partial charge in [-0.3, -0.25) is 0 Å². The van der Waals surface area contributed by atoms with E-state index in [1.807, 2.05) is 0 Å². The topological polar surface area (TPSA) is 44.5 Å². The molecule has 2 bridgehead atoms. The van der Waals surface area contributed by atoms with Crippen molar-refractivity contribution in [2.45, 2.75) is 64.6 Å². The summed E-state index contributed by atoms with van der Waals surface area (Å²) in [4.78, 5) is 0. The minimum Gasteiger partial charge on any atom is -0.405 e. The normalized spacial score (nSPS) is 44.1. The zero-order valence-electron chi connectivity index (χ0n) is 11.2. The maximum atomic E-state index is 6.12. The number of nitrogens with two attached hydrogens (primary N) is 1. The highest BCUT2D eigenvalue weighted by Crippen LogP contribution is 2.61. The van der Waals surface area contributed by atoms with Gasteiger partial charge in [-0.15, -0.1) is 0 Å². The summed E-state index contributed by atoms with van der Waals surface area (Å²) in [5.41, 5.74) is 6.57. The first-order valence-electron chi connectivity index (χ1n) is 7.10. The van der Waals surface area contributed by atoms with Crippen molar-refractivity contribution in [3.8, 4) is 0 Å². The third-order valence-electron chi connectivity index (χ3n) is 5.40. The van der Waals surface area contributed by atoms with Gasteiger partial charge in [0.15, 0.2) is 0 Å². The minimum absolute atomic E-state index is 0.0471. The molecule has 1 saturated heterocycles. The standard InChI is InChI=1S/C13H24BNO2/c1-4-5-11(15)14-16-10-7-8-6-9(12(10)17-14)13(8,2)3/h8-12H,4-7,15H2,1-3H3. The molecule has 0 aromatic heterocycles. The molecule has 1 heterocycles. The zero-order chi connectivity index (χ0) is 12.2. The molecule has 5 unspecified atom stereocenters. The summed E-state index contributed by atoms with van der Waals surface area (Å²) in [5, 5.41) is 0. The average Bonchev–Trinajstić information content (AvgIpc) is 2.72. The van der Waals surface area contributed by atoms with Gasteiger partial charge < -0.3 is 15.0 Å². The van der Waals surface area contributed by atoms with E-state index < -0.39 is 0 Å². The predicted octanol–water partition coefficient (Wildman–Crippen LogP) is 1.99. The molecule has 4 fully saturated rings. The molecule has 0 amide bonds. The molecule has 4 heteroatoms. The molecular formula is C13H24BNO2. The van der Waals surface area contributed by atoms with Crippen LogP contribution >= 0.6 is 0 Å². The Labute approximate surface area is 105 Å². The van der Waals surface area contributed by atoms with Gasteiger partial charge in [-0.2, -0.15) is 0 Å². The first kappa shape index (κ1) is 12.0. The summed E-state index contributed by atoms with van der Waals surface area (Å²) in [6.45, 7) is 6.91. The Bertz CT molecular complexity index is 310. The summed E-state index contributed by atoms with van der Waals surface area (Å²) in [6, 6.07) is 0. The van der Waals surface area contributed by atoms with E-state index in [0.29, 0.717) is 23.5 Å². The average molecular weight is 237 g/mol. The van der Waals surface area contributed by atoms with Gasteiger partial charge in [0.1, 0.15) is 0 Å². The lowest BCUT2D eigenvalue weighted by atomic mass is 9.47. The van der Waals surface area contributed by atoms with Crippen molar-refractivity contribution < 1.29 is 9.31 Å². The fourth-order valence-electron chi connectivity index (χ4n) is 4.03. The summed E-state index contributed by atoms with van der Waals surface area (Å²) in [7, 11) is -0.153. The van der Waals surface area contributed by atoms with Crippen LogP contribution in [-0.2, 0) is 9.31 Å². The molecule has 17 heavy (non-hydrogen) atoms. The molecule has 5 atom stereocenters. The van der Waals surface area contributed by atoms with Crippen molar-refractivity contribution in [3.05, 3.63) is 0 Å². The molecule has 3 aliphatic carbocycles. The summed E-state index contributed by atoms with van der Waals surface area (Å²) in [6.07, 6.45) is 5.21. The third kappa shape index (κ3) is 1.68. The molecule has 1 aliphatic heterocycles. The molecular weight excluding hydrogens is 213 g/mol. The summed E-state index contributed by atoms with van der Waals surface area (Å²) < 4.78 is 12.1. The van der Waals surface area contributed by atoms with Crippen LogP contribution in [0, 0.1) is 17.3 Å². The minimum atomic E-state index is -0.153. The molecule has 0 spiro atoms. The Hall–Kier alpha value is -0.0551. The van der Waals surface area contributed by atoms with E-state index in [0.717, 1.165) is 18.8 Å². The van der Waals surface area contributed by atoms with Crippen LogP contribution in [0.25, 0.3) is 0 Å². The fourth-order valence-corrected chi connectivity index (χ4v) is 4.03. The van der Waals surface area contributed by atoms with Crippen LogP contribution in [0.4, 0.5) is 0 Å². The van der Waals surface area contributed by atoms with Gasteiger partial charge in [0, 0.05) is 5.94 Å². The van der Waals surface area contributed by atoms with E-state index in [1.165, 1.54) is 12.8 Å². The number of rotatable bonds is 3. The van der Waals surface area contributed by atoms with Crippen molar-refractivity contribution in [3.63, 3.8) is 0 Å². The molecule has 3 saturated carbocycles. The molecule has 3 nitrogen and oxygen atoms in total. The zero-order valence-corrected chi connectivity index (χ0v) is 11.2. The van der Waals surface area contributed by atoms with Gasteiger partial charge >= 0.3 is 7.12 Å². The van der Waals surface area contributed by atoms with E-state index in [1.54, 1.807) is 0 Å². The third-order valence-corrected chi connectivity index (χ3v) is 5.40. The second-order valence-electron chi connectivity index (χ2n) is 6.69. The van der Waals surface area contributed by atoms with Crippen LogP contribution < -0.4 is 5.73 Å². The van der Waals surface area contributed by atoms with Crippen molar-refractivity contribution in [2.24, 2.45) is 23.0 Å². The van der Waals surface area contributed by atoms with E-state index in [4.69, 9.17) is 15.0 Å². The van der Waals surface area contributed by atoms with Gasteiger partial charge in [-0.25, -0.2) is 0 Å². The largest absolute Gasteiger partial charge is 0.475 e. The van der Waals surface area contributed by atoms with Crippen LogP contribution in [-0.4, -0.2) is 25.3 Å². The highest BCUT2D eigenvalue weighted by molar-refractivity contribution is 6.47. The Morgan fingerprint density at radius 2 is 2.12 bits per heavy atom. The van der Waals surface area contributed by atoms with Crippen LogP contribution in [0.5, 0.6) is 0 Å². The van der Waals surface area contributed by atoms with Gasteiger partial charge in [0.2, 0.25) is 0 Å². The lowest BCUT2D eigenvalue weighted by Gasteiger charge is -2.60. The van der Waals surface area contributed by atoms with E-state index in [2.05, 4.69) is 20.8 Å². The maximum absolute atomic E-state index is 6.12. The van der Waals surface area contributed by atoms with Crippen molar-refractivity contribution in [1.82, 2.24) is 0 Å². The molecule has 4 aliphatic rings. The molecule has 96 valence electrons. The molecule has 2 N–H and O–H groups in total. The lowest BCUT2D eigenvalue weighted by Crippen LogP contribution is -2.59. The van der Waals surface area contributed by atoms with Crippen LogP contribution in [0.15, 0.2) is 0 Å². The van der Waals surface area contributed by atoms with Gasteiger partial charge in [-0.1, -0.05) is 27.2 Å². The quantitative estimate of drug-likeness (QED) is 0.763. The Morgan fingerprint density at radius 3 is 2.76 bits per heavy atom. The van der Waals surface area contributed by atoms with Crippen LogP contribution in [0.2, 0.25) is 0 Å². The Kier molecular flexibility index (Phi) is 2.80. The second-order valence-corrected chi connectivity index (χ2v) is 6.69. The smallest absolute Gasteiger partial charge is 0.405 e. The van der Waals surface area contributed by atoms with Crippen LogP contribution in [0.3, 0.4) is 0 Å². The van der Waals surface area contributed by atoms with Crippen molar-refractivity contribution in [1.29, 1.82) is 0 Å². The molecule has 0 radical (unpaired) electrons. The Balaban J connectivity index is 1.67. The molecule has 4 rings (SSSR count). The van der Waals surface area contributed by atoms with Gasteiger partial charge in [-0.05, 0) is 36.5 Å². The van der Waals surface area contributed by atoms with Crippen molar-refractivity contribution >= 4 is 7.12 Å². The first-order valence-corrected chi connectivity index (χ1v) is 7.10. The van der Waals surface area contributed by atoms with Crippen LogP contribution in [0.1, 0.15) is 46.5 Å². The highest BCUT2D eigenvalue weighted by atomic mass is 16.7. The van der Waals surface area contributed by atoms with E-state index in [9.17, 15) is 0 Å². The molecule has 0 aromatic rings. The number of hydrogen-bond donors (Lipinski definition) is 1. The Morgan fingerprint density at radius 1 is 1.35 bits per heavy atom. The first-order chi connectivity index (χ1) is 8.04. The van der Waals surface area contributed by atoms with Crippen molar-refractivity contribution in [2.75, 3.05) is 0 Å². The fraction of sp³-hybridized carbons (Fsp3) is 1.00. The number of hydrogen-bond acceptors (Lipinski definition) is 3. The maximum Gasteiger partial charge on any atom is 0.475 e. The second kappa shape index (κ2) is 3.97. The monoisotopic (exact) mass is 237 g/mol. The summed E-state index contributed by atoms with van der Waals surface area (Å²) >= 11 is 0. The van der Waals surface area contributed by atoms with E-state index >= 15 is 0 Å². The van der Waals surface area contributed by atoms with Gasteiger partial charge in [0.25, 0.3) is 0 Å².